The molecule has 0 fully saturated rings. The Morgan fingerprint density at radius 3 is 2.38 bits per heavy atom. The largest absolute Gasteiger partial charge is 0.497 e. The average Bonchev–Trinajstić information content (AvgIpc) is 2.60. The van der Waals surface area contributed by atoms with Crippen LogP contribution in [0.5, 0.6) is 17.2 Å². The maximum absolute atomic E-state index is 11.8. The second kappa shape index (κ2) is 9.17. The van der Waals surface area contributed by atoms with Crippen molar-refractivity contribution >= 4 is 21.9 Å². The first-order chi connectivity index (χ1) is 11.6. The molecule has 0 N–H and O–H groups in total. The van der Waals surface area contributed by atoms with Gasteiger partial charge in [-0.3, -0.25) is 4.79 Å². The second-order valence-electron chi connectivity index (χ2n) is 4.89. The molecule has 0 aliphatic carbocycles. The van der Waals surface area contributed by atoms with Gasteiger partial charge in [-0.1, -0.05) is 15.9 Å². The van der Waals surface area contributed by atoms with E-state index in [4.69, 9.17) is 18.9 Å². The Labute approximate surface area is 149 Å². The van der Waals surface area contributed by atoms with Gasteiger partial charge in [-0.15, -0.1) is 0 Å². The van der Waals surface area contributed by atoms with Gasteiger partial charge in [-0.05, 0) is 42.5 Å². The molecule has 0 heterocycles. The monoisotopic (exact) mass is 394 g/mol. The Morgan fingerprint density at radius 1 is 1.00 bits per heavy atom. The smallest absolute Gasteiger partial charge is 0.309 e. The van der Waals surface area contributed by atoms with Crippen LogP contribution in [0.4, 0.5) is 0 Å². The molecule has 5 nitrogen and oxygen atoms in total. The van der Waals surface area contributed by atoms with Gasteiger partial charge in [0.25, 0.3) is 0 Å². The van der Waals surface area contributed by atoms with Crippen molar-refractivity contribution in [2.45, 2.75) is 13.0 Å². The van der Waals surface area contributed by atoms with Crippen LogP contribution in [0.25, 0.3) is 0 Å². The molecule has 2 rings (SSSR count). The Balaban J connectivity index is 1.76. The molecule has 0 radical (unpaired) electrons. The van der Waals surface area contributed by atoms with E-state index in [2.05, 4.69) is 15.9 Å². The third kappa shape index (κ3) is 5.45. The lowest BCUT2D eigenvalue weighted by molar-refractivity contribution is -0.145. The first kappa shape index (κ1) is 18.1. The maximum Gasteiger partial charge on any atom is 0.309 e. The number of hydrogen-bond acceptors (Lipinski definition) is 5. The highest BCUT2D eigenvalue weighted by Gasteiger charge is 2.08. The summed E-state index contributed by atoms with van der Waals surface area (Å²) in [7, 11) is 3.18. The van der Waals surface area contributed by atoms with E-state index < -0.39 is 0 Å². The van der Waals surface area contributed by atoms with E-state index >= 15 is 0 Å². The molecule has 0 saturated heterocycles. The molecule has 0 amide bonds. The van der Waals surface area contributed by atoms with E-state index in [1.165, 1.54) is 0 Å². The molecule has 0 aromatic heterocycles. The van der Waals surface area contributed by atoms with Crippen LogP contribution in [-0.4, -0.2) is 26.8 Å². The van der Waals surface area contributed by atoms with Crippen LogP contribution < -0.4 is 14.2 Å². The van der Waals surface area contributed by atoms with Gasteiger partial charge in [0.1, 0.15) is 23.9 Å². The summed E-state index contributed by atoms with van der Waals surface area (Å²) < 4.78 is 22.0. The summed E-state index contributed by atoms with van der Waals surface area (Å²) in [5.41, 5.74) is 0.802. The molecule has 24 heavy (non-hydrogen) atoms. The summed E-state index contributed by atoms with van der Waals surface area (Å²) in [5.74, 6) is 1.79. The van der Waals surface area contributed by atoms with Crippen LogP contribution in [0, 0.1) is 0 Å². The van der Waals surface area contributed by atoms with Crippen LogP contribution >= 0.6 is 15.9 Å². The van der Waals surface area contributed by atoms with E-state index in [9.17, 15) is 4.79 Å². The standard InChI is InChI=1S/C18H19BrO5/c1-21-15-4-6-16(7-5-15)23-10-9-18(20)24-12-13-11-14(19)3-8-17(13)22-2/h3-8,11H,9-10,12H2,1-2H3. The van der Waals surface area contributed by atoms with Crippen LogP contribution in [0.2, 0.25) is 0 Å². The fraction of sp³-hybridized carbons (Fsp3) is 0.278. The Hall–Kier alpha value is -2.21. The van der Waals surface area contributed by atoms with Gasteiger partial charge in [0.15, 0.2) is 0 Å². The number of esters is 1. The number of benzene rings is 2. The molecule has 0 spiro atoms. The topological polar surface area (TPSA) is 54.0 Å². The average molecular weight is 395 g/mol. The Morgan fingerprint density at radius 2 is 1.71 bits per heavy atom. The zero-order valence-electron chi connectivity index (χ0n) is 13.6. The van der Waals surface area contributed by atoms with Crippen LogP contribution in [0.1, 0.15) is 12.0 Å². The number of ether oxygens (including phenoxy) is 4. The van der Waals surface area contributed by atoms with Crippen LogP contribution in [0.15, 0.2) is 46.9 Å². The highest BCUT2D eigenvalue weighted by molar-refractivity contribution is 9.10. The summed E-state index contributed by atoms with van der Waals surface area (Å²) in [6.45, 7) is 0.408. The molecular weight excluding hydrogens is 376 g/mol. The van der Waals surface area contributed by atoms with E-state index in [0.29, 0.717) is 11.5 Å². The first-order valence-electron chi connectivity index (χ1n) is 7.37. The third-order valence-corrected chi connectivity index (χ3v) is 3.76. The normalized spacial score (nSPS) is 10.1. The molecule has 0 atom stereocenters. The van der Waals surface area contributed by atoms with Crippen molar-refractivity contribution in [2.24, 2.45) is 0 Å². The fourth-order valence-corrected chi connectivity index (χ4v) is 2.42. The predicted molar refractivity (Wildman–Crippen MR) is 93.6 cm³/mol. The summed E-state index contributed by atoms with van der Waals surface area (Å²) in [6, 6.07) is 12.7. The number of hydrogen-bond donors (Lipinski definition) is 0. The fourth-order valence-electron chi connectivity index (χ4n) is 2.01. The highest BCUT2D eigenvalue weighted by atomic mass is 79.9. The predicted octanol–water partition coefficient (Wildman–Crippen LogP) is 3.98. The maximum atomic E-state index is 11.8. The van der Waals surface area contributed by atoms with Crippen LogP contribution in [0.3, 0.4) is 0 Å². The second-order valence-corrected chi connectivity index (χ2v) is 5.81. The Kier molecular flexibility index (Phi) is 6.93. The highest BCUT2D eigenvalue weighted by Crippen LogP contribution is 2.23. The van der Waals surface area contributed by atoms with E-state index in [1.54, 1.807) is 38.5 Å². The van der Waals surface area contributed by atoms with E-state index in [-0.39, 0.29) is 25.6 Å². The SMILES string of the molecule is COc1ccc(OCCC(=O)OCc2cc(Br)ccc2OC)cc1. The van der Waals surface area contributed by atoms with Crippen molar-refractivity contribution in [1.82, 2.24) is 0 Å². The van der Waals surface area contributed by atoms with Gasteiger partial charge in [-0.2, -0.15) is 0 Å². The van der Waals surface area contributed by atoms with Crippen molar-refractivity contribution in [1.29, 1.82) is 0 Å². The van der Waals surface area contributed by atoms with Gasteiger partial charge in [0.2, 0.25) is 0 Å². The molecule has 128 valence electrons. The van der Waals surface area contributed by atoms with Gasteiger partial charge in [-0.25, -0.2) is 0 Å². The number of carbonyl (C=O) groups is 1. The van der Waals surface area contributed by atoms with Gasteiger partial charge < -0.3 is 18.9 Å². The molecular formula is C18H19BrO5. The number of rotatable bonds is 8. The third-order valence-electron chi connectivity index (χ3n) is 3.27. The lowest BCUT2D eigenvalue weighted by Crippen LogP contribution is -2.10. The molecule has 2 aromatic rings. The molecule has 6 heteroatoms. The van der Waals surface area contributed by atoms with E-state index in [0.717, 1.165) is 15.8 Å². The van der Waals surface area contributed by atoms with Gasteiger partial charge >= 0.3 is 5.97 Å². The van der Waals surface area contributed by atoms with Crippen molar-refractivity contribution < 1.29 is 23.7 Å². The van der Waals surface area contributed by atoms with Crippen LogP contribution in [-0.2, 0) is 16.1 Å². The lowest BCUT2D eigenvalue weighted by Gasteiger charge is -2.10. The number of carbonyl (C=O) groups excluding carboxylic acids is 1. The minimum atomic E-state index is -0.328. The minimum absolute atomic E-state index is 0.157. The quantitative estimate of drug-likeness (QED) is 0.633. The summed E-state index contributed by atoms with van der Waals surface area (Å²) >= 11 is 3.39. The zero-order valence-corrected chi connectivity index (χ0v) is 15.2. The molecule has 2 aromatic carbocycles. The molecule has 0 aliphatic rings. The number of methoxy groups -OCH3 is 2. The van der Waals surface area contributed by atoms with Crippen molar-refractivity contribution in [2.75, 3.05) is 20.8 Å². The molecule has 0 unspecified atom stereocenters. The zero-order chi connectivity index (χ0) is 17.4. The van der Waals surface area contributed by atoms with Gasteiger partial charge in [0, 0.05) is 10.0 Å². The number of halogens is 1. The molecule has 0 aliphatic heterocycles. The van der Waals surface area contributed by atoms with Crippen molar-refractivity contribution in [3.8, 4) is 17.2 Å². The summed E-state index contributed by atoms with van der Waals surface area (Å²) in [5, 5.41) is 0. The first-order valence-corrected chi connectivity index (χ1v) is 8.16. The summed E-state index contributed by atoms with van der Waals surface area (Å²) in [6.07, 6.45) is 0.169. The summed E-state index contributed by atoms with van der Waals surface area (Å²) in [4.78, 5) is 11.8. The van der Waals surface area contributed by atoms with E-state index in [1.807, 2.05) is 18.2 Å². The van der Waals surface area contributed by atoms with Crippen molar-refractivity contribution in [3.63, 3.8) is 0 Å². The minimum Gasteiger partial charge on any atom is -0.497 e. The molecule has 0 bridgehead atoms. The molecule has 0 saturated carbocycles. The lowest BCUT2D eigenvalue weighted by atomic mass is 10.2. The van der Waals surface area contributed by atoms with Gasteiger partial charge in [0.05, 0.1) is 27.2 Å². The Bertz CT molecular complexity index is 670. The van der Waals surface area contributed by atoms with Crippen molar-refractivity contribution in [3.05, 3.63) is 52.5 Å².